The molecule has 3 amide bonds. The fourth-order valence-corrected chi connectivity index (χ4v) is 7.29. The first-order valence-electron chi connectivity index (χ1n) is 17.3. The standard InChI is InChI=1S/C37H50Cl2N6O3/c1-22-6-9-25(10-7-22)42-35(47)27-18-29-31(20-30(27)44-15-12-23(2)13-16-44)45(17-14-32(40)46)33(43-29)19-26-28(38)11-8-24(34(26)39)21-41-36(48)37(3,4)5/h8,11,18,20,22-23,25H,6-7,9-10,12-17,19,21H2,1-5H3,(H2,40,46)(H,41,48)(H,42,47). The van der Waals surface area contributed by atoms with Crippen LogP contribution in [0.5, 0.6) is 0 Å². The monoisotopic (exact) mass is 696 g/mol. The largest absolute Gasteiger partial charge is 0.371 e. The van der Waals surface area contributed by atoms with Crippen molar-refractivity contribution in [1.29, 1.82) is 0 Å². The lowest BCUT2D eigenvalue weighted by atomic mass is 9.87. The number of benzene rings is 2. The molecule has 0 unspecified atom stereocenters. The van der Waals surface area contributed by atoms with Gasteiger partial charge in [-0.3, -0.25) is 14.4 Å². The van der Waals surface area contributed by atoms with Crippen LogP contribution in [-0.4, -0.2) is 46.4 Å². The molecule has 1 saturated heterocycles. The maximum atomic E-state index is 14.0. The molecule has 5 rings (SSSR count). The number of primary amides is 1. The fourth-order valence-electron chi connectivity index (χ4n) is 6.72. The molecule has 4 N–H and O–H groups in total. The van der Waals surface area contributed by atoms with Crippen LogP contribution >= 0.6 is 23.2 Å². The molecule has 2 fully saturated rings. The highest BCUT2D eigenvalue weighted by Crippen LogP contribution is 2.35. The predicted molar refractivity (Wildman–Crippen MR) is 194 cm³/mol. The summed E-state index contributed by atoms with van der Waals surface area (Å²) in [6.45, 7) is 12.4. The zero-order valence-electron chi connectivity index (χ0n) is 28.9. The van der Waals surface area contributed by atoms with Gasteiger partial charge >= 0.3 is 0 Å². The molecule has 0 atom stereocenters. The van der Waals surface area contributed by atoms with E-state index in [1.54, 1.807) is 6.07 Å². The van der Waals surface area contributed by atoms with Crippen LogP contribution in [0.1, 0.15) is 107 Å². The number of amides is 3. The molecule has 1 aromatic heterocycles. The molecular weight excluding hydrogens is 647 g/mol. The minimum absolute atomic E-state index is 0.0746. The second kappa shape index (κ2) is 15.1. The molecule has 2 aromatic carbocycles. The molecule has 0 radical (unpaired) electrons. The lowest BCUT2D eigenvalue weighted by molar-refractivity contribution is -0.128. The molecule has 1 aliphatic carbocycles. The van der Waals surface area contributed by atoms with Crippen molar-refractivity contribution in [1.82, 2.24) is 20.2 Å². The average Bonchev–Trinajstić information content (AvgIpc) is 3.37. The van der Waals surface area contributed by atoms with Crippen molar-refractivity contribution in [2.75, 3.05) is 18.0 Å². The van der Waals surface area contributed by atoms with E-state index in [4.69, 9.17) is 33.9 Å². The number of rotatable bonds is 10. The summed E-state index contributed by atoms with van der Waals surface area (Å²) in [5.41, 5.74) is 9.48. The highest BCUT2D eigenvalue weighted by atomic mass is 35.5. The second-order valence-electron chi connectivity index (χ2n) is 15.0. The van der Waals surface area contributed by atoms with Crippen LogP contribution in [0, 0.1) is 17.3 Å². The number of nitrogens with two attached hydrogens (primary N) is 1. The zero-order valence-corrected chi connectivity index (χ0v) is 30.4. The Morgan fingerprint density at radius 2 is 1.65 bits per heavy atom. The van der Waals surface area contributed by atoms with Gasteiger partial charge in [-0.15, -0.1) is 0 Å². The first-order valence-corrected chi connectivity index (χ1v) is 18.1. The Hall–Kier alpha value is -3.30. The number of fused-ring (bicyclic) bond motifs is 1. The van der Waals surface area contributed by atoms with Crippen LogP contribution in [0.3, 0.4) is 0 Å². The van der Waals surface area contributed by atoms with Crippen LogP contribution in [-0.2, 0) is 29.1 Å². The Labute approximate surface area is 294 Å². The predicted octanol–water partition coefficient (Wildman–Crippen LogP) is 7.02. The van der Waals surface area contributed by atoms with Crippen molar-refractivity contribution in [3.05, 3.63) is 56.8 Å². The molecule has 1 aliphatic heterocycles. The highest BCUT2D eigenvalue weighted by Gasteiger charge is 2.27. The van der Waals surface area contributed by atoms with E-state index in [0.717, 1.165) is 68.4 Å². The van der Waals surface area contributed by atoms with E-state index in [1.165, 1.54) is 0 Å². The van der Waals surface area contributed by atoms with Crippen molar-refractivity contribution in [2.24, 2.45) is 23.0 Å². The van der Waals surface area contributed by atoms with E-state index in [2.05, 4.69) is 35.4 Å². The van der Waals surface area contributed by atoms with Crippen LogP contribution in [0.4, 0.5) is 5.69 Å². The Balaban J connectivity index is 1.55. The van der Waals surface area contributed by atoms with Crippen molar-refractivity contribution >= 4 is 57.6 Å². The van der Waals surface area contributed by atoms with Gasteiger partial charge in [0, 0.05) is 55.5 Å². The number of nitrogens with zero attached hydrogens (tertiary/aromatic N) is 3. The normalized spacial score (nSPS) is 19.0. The number of carbonyl (C=O) groups excluding carboxylic acids is 3. The van der Waals surface area contributed by atoms with E-state index in [9.17, 15) is 14.4 Å². The van der Waals surface area contributed by atoms with Crippen LogP contribution in [0.25, 0.3) is 11.0 Å². The highest BCUT2D eigenvalue weighted by molar-refractivity contribution is 6.36. The first kappa shape index (κ1) is 36.0. The summed E-state index contributed by atoms with van der Waals surface area (Å²) < 4.78 is 2.00. The number of piperidine rings is 1. The van der Waals surface area contributed by atoms with Gasteiger partial charge in [-0.1, -0.05) is 63.9 Å². The number of hydrogen-bond acceptors (Lipinski definition) is 5. The number of aryl methyl sites for hydroxylation is 1. The molecule has 1 saturated carbocycles. The second-order valence-corrected chi connectivity index (χ2v) is 15.7. The van der Waals surface area contributed by atoms with Crippen LogP contribution < -0.4 is 21.3 Å². The smallest absolute Gasteiger partial charge is 0.253 e. The van der Waals surface area contributed by atoms with E-state index >= 15 is 0 Å². The summed E-state index contributed by atoms with van der Waals surface area (Å²) in [5, 5.41) is 7.23. The van der Waals surface area contributed by atoms with Gasteiger partial charge in [-0.05, 0) is 79.7 Å². The Morgan fingerprint density at radius 1 is 0.979 bits per heavy atom. The van der Waals surface area contributed by atoms with E-state index < -0.39 is 11.3 Å². The summed E-state index contributed by atoms with van der Waals surface area (Å²) in [4.78, 5) is 45.9. The summed E-state index contributed by atoms with van der Waals surface area (Å²) in [6, 6.07) is 7.71. The van der Waals surface area contributed by atoms with E-state index in [1.807, 2.05) is 37.5 Å². The molecule has 11 heteroatoms. The van der Waals surface area contributed by atoms with Crippen molar-refractivity contribution in [3.8, 4) is 0 Å². The van der Waals surface area contributed by atoms with Crippen LogP contribution in [0.15, 0.2) is 24.3 Å². The molecule has 0 spiro atoms. The zero-order chi connectivity index (χ0) is 34.7. The molecular formula is C37H50Cl2N6O3. The summed E-state index contributed by atoms with van der Waals surface area (Å²) in [6.07, 6.45) is 6.70. The van der Waals surface area contributed by atoms with Crippen molar-refractivity contribution in [3.63, 3.8) is 0 Å². The number of halogens is 2. The van der Waals surface area contributed by atoms with Crippen molar-refractivity contribution in [2.45, 2.75) is 105 Å². The van der Waals surface area contributed by atoms with E-state index in [-0.39, 0.29) is 37.2 Å². The molecule has 2 heterocycles. The molecule has 9 nitrogen and oxygen atoms in total. The number of carbonyl (C=O) groups is 3. The van der Waals surface area contributed by atoms with Crippen molar-refractivity contribution < 1.29 is 14.4 Å². The van der Waals surface area contributed by atoms with Gasteiger partial charge in [-0.2, -0.15) is 0 Å². The van der Waals surface area contributed by atoms with Crippen LogP contribution in [0.2, 0.25) is 10.0 Å². The Kier molecular flexibility index (Phi) is 11.3. The SMILES string of the molecule is CC1CCC(NC(=O)c2cc3nc(Cc4c(Cl)ccc(CNC(=O)C(C)(C)C)c4Cl)n(CCC(N)=O)c3cc2N2CCC(C)CC2)CC1. The summed E-state index contributed by atoms with van der Waals surface area (Å²) in [7, 11) is 0. The number of aromatic nitrogens is 2. The quantitative estimate of drug-likeness (QED) is 0.210. The maximum Gasteiger partial charge on any atom is 0.253 e. The van der Waals surface area contributed by atoms with Gasteiger partial charge in [0.05, 0.1) is 27.3 Å². The fraction of sp³-hybridized carbons (Fsp3) is 0.568. The minimum Gasteiger partial charge on any atom is -0.371 e. The van der Waals surface area contributed by atoms with E-state index in [0.29, 0.717) is 50.9 Å². The summed E-state index contributed by atoms with van der Waals surface area (Å²) in [5.74, 6) is 1.40. The van der Waals surface area contributed by atoms with Gasteiger partial charge in [0.1, 0.15) is 5.82 Å². The summed E-state index contributed by atoms with van der Waals surface area (Å²) >= 11 is 13.7. The molecule has 48 heavy (non-hydrogen) atoms. The Morgan fingerprint density at radius 3 is 2.29 bits per heavy atom. The molecule has 0 bridgehead atoms. The minimum atomic E-state index is -0.539. The maximum absolute atomic E-state index is 14.0. The lowest BCUT2D eigenvalue weighted by Crippen LogP contribution is -2.39. The average molecular weight is 698 g/mol. The lowest BCUT2D eigenvalue weighted by Gasteiger charge is -2.34. The topological polar surface area (TPSA) is 122 Å². The number of imidazole rings is 1. The van der Waals surface area contributed by atoms with Gasteiger partial charge in [-0.25, -0.2) is 4.98 Å². The third-order valence-corrected chi connectivity index (χ3v) is 10.8. The molecule has 260 valence electrons. The van der Waals surface area contributed by atoms with Gasteiger partial charge in [0.25, 0.3) is 5.91 Å². The number of nitrogens with one attached hydrogen (secondary N) is 2. The number of anilines is 1. The third-order valence-electron chi connectivity index (χ3n) is 9.97. The third kappa shape index (κ3) is 8.46. The molecule has 2 aliphatic rings. The Bertz CT molecular complexity index is 1660. The van der Waals surface area contributed by atoms with Gasteiger partial charge < -0.3 is 25.8 Å². The van der Waals surface area contributed by atoms with Gasteiger partial charge in [0.2, 0.25) is 11.8 Å². The van der Waals surface area contributed by atoms with Gasteiger partial charge in [0.15, 0.2) is 0 Å². The molecule has 3 aromatic rings. The first-order chi connectivity index (χ1) is 22.7. The number of hydrogen-bond donors (Lipinski definition) is 3.